The number of urea groups is 1. The van der Waals surface area contributed by atoms with E-state index in [1.54, 1.807) is 12.1 Å². The van der Waals surface area contributed by atoms with Crippen LogP contribution in [0.25, 0.3) is 0 Å². The number of carbonyl (C=O) groups is 2. The molecule has 1 aliphatic rings. The van der Waals surface area contributed by atoms with Gasteiger partial charge in [-0.05, 0) is 24.3 Å². The topological polar surface area (TPSA) is 116 Å². The molecule has 1 atom stereocenters. The van der Waals surface area contributed by atoms with Crippen molar-refractivity contribution < 1.29 is 27.9 Å². The first-order valence-electron chi connectivity index (χ1n) is 8.03. The molecule has 1 heterocycles. The Hall–Kier alpha value is -2.33. The number of carbonyl (C=O) groups excluding carboxylic acids is 1. The Morgan fingerprint density at radius 1 is 1.35 bits per heavy atom. The standard InChI is InChI=1S/C16H23N3O6S/c1-11(15(20)21)8-18(2)16(22)17-12-9-19(10-12)26(23,24)14-6-4-13(25-3)5-7-14/h4-7,11-12H,8-10H2,1-3H3,(H,17,22)(H,20,21). The molecule has 1 aromatic rings. The minimum Gasteiger partial charge on any atom is -0.497 e. The third kappa shape index (κ3) is 4.44. The van der Waals surface area contributed by atoms with Crippen molar-refractivity contribution in [2.75, 3.05) is 33.8 Å². The maximum absolute atomic E-state index is 12.5. The summed E-state index contributed by atoms with van der Waals surface area (Å²) >= 11 is 0. The average Bonchev–Trinajstić information content (AvgIpc) is 2.56. The third-order valence-corrected chi connectivity index (χ3v) is 6.03. The van der Waals surface area contributed by atoms with E-state index in [9.17, 15) is 18.0 Å². The normalized spacial score (nSPS) is 16.4. The quantitative estimate of drug-likeness (QED) is 0.703. The van der Waals surface area contributed by atoms with Crippen molar-refractivity contribution in [1.82, 2.24) is 14.5 Å². The molecule has 2 rings (SSSR count). The number of nitrogens with one attached hydrogen (secondary N) is 1. The monoisotopic (exact) mass is 385 g/mol. The zero-order valence-electron chi connectivity index (χ0n) is 14.9. The molecule has 0 bridgehead atoms. The number of hydrogen-bond donors (Lipinski definition) is 2. The molecule has 1 aliphatic heterocycles. The van der Waals surface area contributed by atoms with Gasteiger partial charge in [-0.2, -0.15) is 4.31 Å². The average molecular weight is 385 g/mol. The number of nitrogens with zero attached hydrogens (tertiary/aromatic N) is 2. The minimum absolute atomic E-state index is 0.0712. The summed E-state index contributed by atoms with van der Waals surface area (Å²) in [5.41, 5.74) is 0. The van der Waals surface area contributed by atoms with Gasteiger partial charge in [0.05, 0.1) is 24.0 Å². The van der Waals surface area contributed by atoms with Crippen molar-refractivity contribution in [2.45, 2.75) is 17.9 Å². The molecule has 0 spiro atoms. The highest BCUT2D eigenvalue weighted by atomic mass is 32.2. The van der Waals surface area contributed by atoms with Crippen LogP contribution in [0.15, 0.2) is 29.2 Å². The highest BCUT2D eigenvalue weighted by Crippen LogP contribution is 2.23. The summed E-state index contributed by atoms with van der Waals surface area (Å²) in [5, 5.41) is 11.6. The Labute approximate surface area is 152 Å². The van der Waals surface area contributed by atoms with Crippen LogP contribution in [0, 0.1) is 5.92 Å². The van der Waals surface area contributed by atoms with E-state index in [2.05, 4.69) is 5.32 Å². The van der Waals surface area contributed by atoms with Crippen molar-refractivity contribution in [1.29, 1.82) is 0 Å². The molecule has 0 radical (unpaired) electrons. The maximum atomic E-state index is 12.5. The van der Waals surface area contributed by atoms with E-state index in [1.165, 1.54) is 42.4 Å². The van der Waals surface area contributed by atoms with Gasteiger partial charge in [0.25, 0.3) is 0 Å². The largest absolute Gasteiger partial charge is 0.497 e. The zero-order valence-corrected chi connectivity index (χ0v) is 15.7. The van der Waals surface area contributed by atoms with Gasteiger partial charge in [0.2, 0.25) is 10.0 Å². The van der Waals surface area contributed by atoms with E-state index in [1.807, 2.05) is 0 Å². The predicted molar refractivity (Wildman–Crippen MR) is 93.5 cm³/mol. The van der Waals surface area contributed by atoms with Crippen LogP contribution in [0.3, 0.4) is 0 Å². The Bertz CT molecular complexity index is 759. The lowest BCUT2D eigenvalue weighted by molar-refractivity contribution is -0.141. The second-order valence-electron chi connectivity index (χ2n) is 6.26. The minimum atomic E-state index is -3.61. The molecule has 0 aliphatic carbocycles. The lowest BCUT2D eigenvalue weighted by Gasteiger charge is -2.39. The number of carboxylic acid groups (broad SMARTS) is 1. The first-order chi connectivity index (χ1) is 12.1. The van der Waals surface area contributed by atoms with Gasteiger partial charge in [0.15, 0.2) is 0 Å². The van der Waals surface area contributed by atoms with Crippen LogP contribution >= 0.6 is 0 Å². The van der Waals surface area contributed by atoms with E-state index in [-0.39, 0.29) is 30.6 Å². The van der Waals surface area contributed by atoms with E-state index in [0.717, 1.165) is 0 Å². The second-order valence-corrected chi connectivity index (χ2v) is 8.20. The third-order valence-electron chi connectivity index (χ3n) is 4.19. The number of carboxylic acids is 1. The number of ether oxygens (including phenoxy) is 1. The van der Waals surface area contributed by atoms with Crippen LogP contribution in [0.4, 0.5) is 4.79 Å². The highest BCUT2D eigenvalue weighted by Gasteiger charge is 2.38. The molecule has 9 nitrogen and oxygen atoms in total. The van der Waals surface area contributed by atoms with Gasteiger partial charge in [-0.3, -0.25) is 4.79 Å². The summed E-state index contributed by atoms with van der Waals surface area (Å²) in [4.78, 5) is 24.3. The molecule has 1 unspecified atom stereocenters. The number of sulfonamides is 1. The van der Waals surface area contributed by atoms with E-state index < -0.39 is 27.9 Å². The van der Waals surface area contributed by atoms with Crippen molar-refractivity contribution >= 4 is 22.0 Å². The predicted octanol–water partition coefficient (Wildman–Crippen LogP) is 0.430. The fraction of sp³-hybridized carbons (Fsp3) is 0.500. The SMILES string of the molecule is COc1ccc(S(=O)(=O)N2CC(NC(=O)N(C)CC(C)C(=O)O)C2)cc1. The van der Waals surface area contributed by atoms with E-state index >= 15 is 0 Å². The first-order valence-corrected chi connectivity index (χ1v) is 9.47. The van der Waals surface area contributed by atoms with Crippen LogP contribution in [0.5, 0.6) is 5.75 Å². The Balaban J connectivity index is 1.87. The van der Waals surface area contributed by atoms with Gasteiger partial charge in [-0.15, -0.1) is 0 Å². The molecule has 144 valence electrons. The van der Waals surface area contributed by atoms with Crippen molar-refractivity contribution in [3.8, 4) is 5.75 Å². The summed E-state index contributed by atoms with van der Waals surface area (Å²) in [6.45, 7) is 1.92. The fourth-order valence-corrected chi connectivity index (χ4v) is 4.01. The molecule has 26 heavy (non-hydrogen) atoms. The molecular weight excluding hydrogens is 362 g/mol. The summed E-state index contributed by atoms with van der Waals surface area (Å²) in [7, 11) is -0.612. The Morgan fingerprint density at radius 2 is 1.92 bits per heavy atom. The number of benzene rings is 1. The number of hydrogen-bond acceptors (Lipinski definition) is 5. The number of rotatable bonds is 7. The molecule has 1 aromatic carbocycles. The van der Waals surface area contributed by atoms with Crippen molar-refractivity contribution in [3.63, 3.8) is 0 Å². The van der Waals surface area contributed by atoms with Gasteiger partial charge in [0, 0.05) is 26.7 Å². The van der Waals surface area contributed by atoms with Gasteiger partial charge < -0.3 is 20.1 Å². The smallest absolute Gasteiger partial charge is 0.317 e. The number of amides is 2. The molecule has 10 heteroatoms. The Morgan fingerprint density at radius 3 is 2.42 bits per heavy atom. The molecule has 1 saturated heterocycles. The van der Waals surface area contributed by atoms with Gasteiger partial charge >= 0.3 is 12.0 Å². The summed E-state index contributed by atoms with van der Waals surface area (Å²) in [6.07, 6.45) is 0. The van der Waals surface area contributed by atoms with Gasteiger partial charge in [0.1, 0.15) is 5.75 Å². The fourth-order valence-electron chi connectivity index (χ4n) is 2.48. The lowest BCUT2D eigenvalue weighted by Crippen LogP contribution is -2.62. The van der Waals surface area contributed by atoms with Gasteiger partial charge in [-0.1, -0.05) is 6.92 Å². The van der Waals surface area contributed by atoms with Crippen LogP contribution < -0.4 is 10.1 Å². The number of aliphatic carboxylic acids is 1. The molecule has 2 N–H and O–H groups in total. The van der Waals surface area contributed by atoms with E-state index in [4.69, 9.17) is 9.84 Å². The van der Waals surface area contributed by atoms with E-state index in [0.29, 0.717) is 5.75 Å². The molecular formula is C16H23N3O6S. The summed E-state index contributed by atoms with van der Waals surface area (Å²) in [5.74, 6) is -1.10. The van der Waals surface area contributed by atoms with Crippen LogP contribution in [0.2, 0.25) is 0 Å². The maximum Gasteiger partial charge on any atom is 0.317 e. The number of methoxy groups -OCH3 is 1. The molecule has 2 amide bonds. The van der Waals surface area contributed by atoms with Crippen LogP contribution in [-0.2, 0) is 14.8 Å². The van der Waals surface area contributed by atoms with Gasteiger partial charge in [-0.25, -0.2) is 13.2 Å². The first kappa shape index (κ1) is 20.0. The Kier molecular flexibility index (Phi) is 6.09. The van der Waals surface area contributed by atoms with Crippen molar-refractivity contribution in [3.05, 3.63) is 24.3 Å². The van der Waals surface area contributed by atoms with Crippen LogP contribution in [-0.4, -0.2) is 74.6 Å². The zero-order chi connectivity index (χ0) is 19.5. The lowest BCUT2D eigenvalue weighted by atomic mass is 10.1. The molecule has 0 aromatic heterocycles. The highest BCUT2D eigenvalue weighted by molar-refractivity contribution is 7.89. The molecule has 0 saturated carbocycles. The summed E-state index contributed by atoms with van der Waals surface area (Å²) in [6, 6.07) is 5.36. The summed E-state index contributed by atoms with van der Waals surface area (Å²) < 4.78 is 31.3. The second kappa shape index (κ2) is 7.92. The van der Waals surface area contributed by atoms with Crippen LogP contribution in [0.1, 0.15) is 6.92 Å². The van der Waals surface area contributed by atoms with Crippen molar-refractivity contribution in [2.24, 2.45) is 5.92 Å². The molecule has 1 fully saturated rings.